The maximum Gasteiger partial charge on any atom is 0.245 e. The van der Waals surface area contributed by atoms with Crippen molar-refractivity contribution in [1.82, 2.24) is 68.8 Å². The average molecular weight is 1430 g/mol. The van der Waals surface area contributed by atoms with Crippen LogP contribution in [0.4, 0.5) is 0 Å². The molecular formula is C63H104N20O18. The Morgan fingerprint density at radius 2 is 0.970 bits per heavy atom. The Labute approximate surface area is 584 Å². The molecule has 28 N–H and O–H groups in total. The van der Waals surface area contributed by atoms with E-state index in [4.69, 9.17) is 34.4 Å². The lowest BCUT2D eigenvalue weighted by atomic mass is 9.97. The van der Waals surface area contributed by atoms with Crippen molar-refractivity contribution >= 4 is 105 Å². The van der Waals surface area contributed by atoms with Gasteiger partial charge in [-0.05, 0) is 88.3 Å². The number of amides is 15. The molecule has 1 aromatic carbocycles. The first kappa shape index (κ1) is 87.0. The summed E-state index contributed by atoms with van der Waals surface area (Å²) in [5, 5.41) is 61.6. The first-order valence-electron chi connectivity index (χ1n) is 33.1. The van der Waals surface area contributed by atoms with Crippen LogP contribution in [0.2, 0.25) is 0 Å². The zero-order chi connectivity index (χ0) is 76.5. The highest BCUT2D eigenvalue weighted by molar-refractivity contribution is 6.00. The van der Waals surface area contributed by atoms with E-state index in [0.717, 1.165) is 24.8 Å². The molecule has 1 heterocycles. The number of aliphatic imine (C=N–C) groups is 1. The number of rotatable bonds is 46. The second-order valence-electron chi connectivity index (χ2n) is 25.2. The molecule has 38 nitrogen and oxygen atoms in total. The fraction of sp³-hybridized carbons (Fsp3) is 0.619. The van der Waals surface area contributed by atoms with Crippen molar-refractivity contribution in [3.63, 3.8) is 0 Å². The van der Waals surface area contributed by atoms with Crippen molar-refractivity contribution in [3.05, 3.63) is 36.0 Å². The van der Waals surface area contributed by atoms with Crippen molar-refractivity contribution in [2.45, 2.75) is 205 Å². The van der Waals surface area contributed by atoms with Gasteiger partial charge in [0.15, 0.2) is 5.96 Å². The predicted molar refractivity (Wildman–Crippen MR) is 366 cm³/mol. The summed E-state index contributed by atoms with van der Waals surface area (Å²) in [7, 11) is 0. The number of guanidine groups is 1. The predicted octanol–water partition coefficient (Wildman–Crippen LogP) is -7.90. The molecule has 1 aromatic heterocycles. The largest absolute Gasteiger partial charge is 0.394 e. The molecule has 15 amide bonds. The van der Waals surface area contributed by atoms with Crippen LogP contribution in [0.15, 0.2) is 35.5 Å². The third kappa shape index (κ3) is 30.1. The molecule has 14 atom stereocenters. The van der Waals surface area contributed by atoms with Gasteiger partial charge in [-0.25, -0.2) is 0 Å². The van der Waals surface area contributed by atoms with Crippen LogP contribution in [-0.4, -0.2) is 220 Å². The third-order valence-corrected chi connectivity index (χ3v) is 16.0. The van der Waals surface area contributed by atoms with Crippen molar-refractivity contribution in [3.8, 4) is 0 Å². The number of unbranched alkanes of at least 4 members (excludes halogenated alkanes) is 1. The minimum absolute atomic E-state index is 0.0609. The van der Waals surface area contributed by atoms with Gasteiger partial charge in [-0.15, -0.1) is 0 Å². The smallest absolute Gasteiger partial charge is 0.245 e. The topological polar surface area (TPSA) is 645 Å². The van der Waals surface area contributed by atoms with Crippen LogP contribution < -0.4 is 98.2 Å². The Hall–Kier alpha value is -10.1. The highest BCUT2D eigenvalue weighted by Crippen LogP contribution is 2.20. The molecule has 0 aliphatic heterocycles. The van der Waals surface area contributed by atoms with Crippen LogP contribution in [0.25, 0.3) is 10.9 Å². The van der Waals surface area contributed by atoms with Gasteiger partial charge in [0.05, 0.1) is 31.8 Å². The molecule has 101 heavy (non-hydrogen) atoms. The SMILES string of the molecule is CC[C@H](C)[C@H](NC(=O)[C@@H](NC(=O)[C@H](CCCCN)NC(=O)CNC(=O)[C@H](CC(N)=O)NC(=O)[C@@H](NC(=O)[C@@H](NC(=O)[C@@H](NC(=O)[C@H](Cc1c[nH]c2ccccc12)NC(=O)[C@H](CCCN=C(N)N)NC(C)=O)C(C)C)[C@@H](C)O)C(C)C)[C@@H](C)O)C(=O)N[C@@H](CO)C(=O)N[C@@H](CCC(N)=O)C(N)=O. The molecule has 0 saturated heterocycles. The van der Waals surface area contributed by atoms with Gasteiger partial charge >= 0.3 is 0 Å². The molecule has 564 valence electrons. The van der Waals surface area contributed by atoms with E-state index in [0.29, 0.717) is 12.0 Å². The Morgan fingerprint density at radius 1 is 0.505 bits per heavy atom. The standard InChI is InChI=1S/C63H104N20O18/c1-10-31(6)49(60(99)78-43(28-84)57(96)75-38(52(67)91)20-21-44(65)88)81-62(101)50(32(7)85)82-55(94)40(18-13-14-22-64)74-46(90)27-72-53(92)42(25-45(66)89)77-58(97)47(29(2)3)80-61(100)51(33(8)86)83-59(98)48(30(4)5)79-56(95)41(24-35-26-71-37-17-12-11-16-36(35)37)76-54(93)39(73-34(9)87)19-15-23-70-63(68)69/h11-12,16-17,26,29-33,38-43,47-51,71,84-86H,10,13-15,18-25,27-28,64H2,1-9H3,(H2,65,88)(H2,66,89)(H2,67,91)(H,72,92)(H,73,87)(H,74,90)(H,75,96)(H,76,93)(H,77,97)(H,78,99)(H,79,95)(H,80,100)(H,81,101)(H,82,94)(H,83,98)(H4,68,69,70)/t31-,32+,33+,38-,39-,40-,41-,42-,43-,47-,48-,49-,50-,51-/m0/s1. The van der Waals surface area contributed by atoms with E-state index < -0.39 is 205 Å². The van der Waals surface area contributed by atoms with Gasteiger partial charge in [0.1, 0.15) is 66.5 Å². The maximum atomic E-state index is 14.4. The van der Waals surface area contributed by atoms with Gasteiger partial charge < -0.3 is 119 Å². The summed E-state index contributed by atoms with van der Waals surface area (Å²) in [4.78, 5) is 207. The summed E-state index contributed by atoms with van der Waals surface area (Å²) >= 11 is 0. The second-order valence-corrected chi connectivity index (χ2v) is 25.2. The lowest BCUT2D eigenvalue weighted by molar-refractivity contribution is -0.138. The van der Waals surface area contributed by atoms with Gasteiger partial charge in [0, 0.05) is 43.4 Å². The number of fused-ring (bicyclic) bond motifs is 1. The summed E-state index contributed by atoms with van der Waals surface area (Å²) in [5.41, 5.74) is 33.8. The van der Waals surface area contributed by atoms with Crippen molar-refractivity contribution in [2.24, 2.45) is 57.1 Å². The fourth-order valence-electron chi connectivity index (χ4n) is 10.1. The quantitative estimate of drug-likeness (QED) is 0.0166. The molecule has 0 unspecified atom stereocenters. The van der Waals surface area contributed by atoms with Gasteiger partial charge in [-0.3, -0.25) is 76.9 Å². The number of nitrogens with zero attached hydrogens (tertiary/aromatic N) is 1. The summed E-state index contributed by atoms with van der Waals surface area (Å²) in [5.74, 6) is -17.2. The minimum atomic E-state index is -1.82. The zero-order valence-electron chi connectivity index (χ0n) is 58.4. The van der Waals surface area contributed by atoms with E-state index >= 15 is 0 Å². The molecule has 2 aromatic rings. The molecule has 0 aliphatic carbocycles. The number of nitrogens with two attached hydrogens (primary N) is 6. The summed E-state index contributed by atoms with van der Waals surface area (Å²) < 4.78 is 0. The summed E-state index contributed by atoms with van der Waals surface area (Å²) in [6.07, 6.45) is -2.35. The van der Waals surface area contributed by atoms with Crippen LogP contribution in [0.3, 0.4) is 0 Å². The molecular weight excluding hydrogens is 1320 g/mol. The molecule has 0 aliphatic rings. The lowest BCUT2D eigenvalue weighted by Gasteiger charge is -2.30. The molecule has 0 bridgehead atoms. The van der Waals surface area contributed by atoms with Crippen LogP contribution in [0.5, 0.6) is 0 Å². The number of aromatic nitrogens is 1. The van der Waals surface area contributed by atoms with Gasteiger partial charge in [0.25, 0.3) is 0 Å². The minimum Gasteiger partial charge on any atom is -0.394 e. The number of hydrogen-bond acceptors (Lipinski definition) is 20. The number of hydrogen-bond donors (Lipinski definition) is 22. The fourth-order valence-corrected chi connectivity index (χ4v) is 10.1. The Kier molecular flexibility index (Phi) is 37.4. The molecule has 0 fully saturated rings. The maximum absolute atomic E-state index is 14.4. The summed E-state index contributed by atoms with van der Waals surface area (Å²) in [6, 6.07) is -9.96. The number of carbonyl (C=O) groups excluding carboxylic acids is 15. The Morgan fingerprint density at radius 3 is 1.50 bits per heavy atom. The average Bonchev–Trinajstić information content (AvgIpc) is 1.76. The Bertz CT molecular complexity index is 3230. The molecule has 0 spiro atoms. The van der Waals surface area contributed by atoms with E-state index in [9.17, 15) is 87.2 Å². The highest BCUT2D eigenvalue weighted by Gasteiger charge is 2.39. The lowest BCUT2D eigenvalue weighted by Crippen LogP contribution is -2.63. The highest BCUT2D eigenvalue weighted by atomic mass is 16.3. The number of aliphatic hydroxyl groups is 3. The normalized spacial score (nSPS) is 15.4. The number of primary amides is 3. The molecule has 0 radical (unpaired) electrons. The van der Waals surface area contributed by atoms with E-state index in [-0.39, 0.29) is 70.4 Å². The van der Waals surface area contributed by atoms with E-state index in [1.807, 2.05) is 0 Å². The number of nitrogens with one attached hydrogen (secondary N) is 13. The number of H-pyrrole nitrogens is 1. The first-order chi connectivity index (χ1) is 47.4. The second kappa shape index (κ2) is 43.4. The van der Waals surface area contributed by atoms with E-state index in [2.05, 4.69) is 73.8 Å². The van der Waals surface area contributed by atoms with Crippen molar-refractivity contribution < 1.29 is 87.2 Å². The van der Waals surface area contributed by atoms with Gasteiger partial charge in [0.2, 0.25) is 88.6 Å². The molecule has 0 saturated carbocycles. The van der Waals surface area contributed by atoms with Gasteiger partial charge in [-0.2, -0.15) is 0 Å². The van der Waals surface area contributed by atoms with Crippen LogP contribution in [0, 0.1) is 17.8 Å². The number of aromatic amines is 1. The third-order valence-electron chi connectivity index (χ3n) is 16.0. The monoisotopic (exact) mass is 1430 g/mol. The zero-order valence-corrected chi connectivity index (χ0v) is 58.4. The number of benzene rings is 1. The van der Waals surface area contributed by atoms with Crippen molar-refractivity contribution in [1.29, 1.82) is 0 Å². The van der Waals surface area contributed by atoms with E-state index in [1.54, 1.807) is 58.2 Å². The first-order valence-corrected chi connectivity index (χ1v) is 33.1. The molecule has 38 heteroatoms. The van der Waals surface area contributed by atoms with Gasteiger partial charge in [-0.1, -0.05) is 66.2 Å². The van der Waals surface area contributed by atoms with Crippen LogP contribution in [-0.2, 0) is 78.3 Å². The van der Waals surface area contributed by atoms with Crippen molar-refractivity contribution in [2.75, 3.05) is 26.2 Å². The van der Waals surface area contributed by atoms with Crippen LogP contribution in [0.1, 0.15) is 126 Å². The van der Waals surface area contributed by atoms with E-state index in [1.165, 1.54) is 20.8 Å². The van der Waals surface area contributed by atoms with Crippen LogP contribution >= 0.6 is 0 Å². The molecule has 2 rings (SSSR count). The number of carbonyl (C=O) groups is 15. The number of para-hydroxylation sites is 1. The Balaban J connectivity index is 2.32. The summed E-state index contributed by atoms with van der Waals surface area (Å²) in [6.45, 7) is 11.1. The number of aliphatic hydroxyl groups excluding tert-OH is 3.